The molecule has 18 heavy (non-hydrogen) atoms. The molecule has 0 fully saturated rings. The van der Waals surface area contributed by atoms with Gasteiger partial charge in [0.05, 0.1) is 0 Å². The van der Waals surface area contributed by atoms with E-state index in [2.05, 4.69) is 36.5 Å². The Balaban J connectivity index is 3.23. The molecule has 0 saturated carbocycles. The van der Waals surface area contributed by atoms with Crippen LogP contribution in [0.25, 0.3) is 0 Å². The van der Waals surface area contributed by atoms with E-state index in [9.17, 15) is 4.79 Å². The molecular formula is C16H26O2. The number of hydrogen-bond acceptors (Lipinski definition) is 1. The summed E-state index contributed by atoms with van der Waals surface area (Å²) in [5.41, 5.74) is 0. The van der Waals surface area contributed by atoms with Gasteiger partial charge in [0.15, 0.2) is 0 Å². The molecule has 0 amide bonds. The first kappa shape index (κ1) is 16.7. The summed E-state index contributed by atoms with van der Waals surface area (Å²) in [5.74, 6) is -0.685. The molecule has 0 bridgehead atoms. The number of unbranched alkanes of at least 4 members (excludes halogenated alkanes) is 4. The molecule has 0 radical (unpaired) electrons. The largest absolute Gasteiger partial charge is 0.481 e. The lowest BCUT2D eigenvalue weighted by molar-refractivity contribution is -0.137. The number of carboxylic acids is 1. The van der Waals surface area contributed by atoms with Crippen molar-refractivity contribution in [3.05, 3.63) is 36.5 Å². The van der Waals surface area contributed by atoms with Gasteiger partial charge in [-0.2, -0.15) is 0 Å². The molecular weight excluding hydrogens is 224 g/mol. The van der Waals surface area contributed by atoms with Crippen molar-refractivity contribution in [2.45, 2.75) is 58.3 Å². The van der Waals surface area contributed by atoms with Gasteiger partial charge in [0.2, 0.25) is 0 Å². The summed E-state index contributed by atoms with van der Waals surface area (Å²) >= 11 is 0. The topological polar surface area (TPSA) is 37.3 Å². The molecule has 2 nitrogen and oxygen atoms in total. The molecule has 0 aromatic heterocycles. The maximum absolute atomic E-state index is 10.3. The molecule has 0 unspecified atom stereocenters. The lowest BCUT2D eigenvalue weighted by atomic mass is 10.1. The van der Waals surface area contributed by atoms with Gasteiger partial charge in [0.25, 0.3) is 0 Å². The van der Waals surface area contributed by atoms with E-state index in [1.165, 1.54) is 0 Å². The van der Waals surface area contributed by atoms with Crippen molar-refractivity contribution >= 4 is 5.97 Å². The van der Waals surface area contributed by atoms with Crippen molar-refractivity contribution in [1.29, 1.82) is 0 Å². The van der Waals surface area contributed by atoms with Crippen molar-refractivity contribution in [1.82, 2.24) is 0 Å². The minimum absolute atomic E-state index is 0.306. The number of hydrogen-bond donors (Lipinski definition) is 1. The molecule has 102 valence electrons. The highest BCUT2D eigenvalue weighted by Crippen LogP contribution is 2.04. The average molecular weight is 250 g/mol. The van der Waals surface area contributed by atoms with Crippen LogP contribution in [0.15, 0.2) is 36.5 Å². The Labute approximate surface area is 111 Å². The molecule has 2 heteroatoms. The zero-order chi connectivity index (χ0) is 13.5. The van der Waals surface area contributed by atoms with Crippen molar-refractivity contribution in [2.75, 3.05) is 0 Å². The number of carboxylic acid groups (broad SMARTS) is 1. The Morgan fingerprint density at radius 3 is 2.22 bits per heavy atom. The fourth-order valence-corrected chi connectivity index (χ4v) is 1.57. The Bertz CT molecular complexity index is 275. The number of carbonyl (C=O) groups is 1. The van der Waals surface area contributed by atoms with Crippen LogP contribution in [0.2, 0.25) is 0 Å². The highest BCUT2D eigenvalue weighted by atomic mass is 16.4. The highest BCUT2D eigenvalue weighted by Gasteiger charge is 1.94. The molecule has 0 aromatic carbocycles. The summed E-state index contributed by atoms with van der Waals surface area (Å²) in [5, 5.41) is 8.47. The fraction of sp³-hybridized carbons (Fsp3) is 0.562. The molecule has 0 rings (SSSR count). The third kappa shape index (κ3) is 14.7. The zero-order valence-corrected chi connectivity index (χ0v) is 11.5. The predicted molar refractivity (Wildman–Crippen MR) is 77.7 cm³/mol. The lowest BCUT2D eigenvalue weighted by Crippen LogP contribution is -1.93. The Hall–Kier alpha value is -1.31. The van der Waals surface area contributed by atoms with Crippen LogP contribution >= 0.6 is 0 Å². The average Bonchev–Trinajstić information content (AvgIpc) is 2.34. The maximum atomic E-state index is 10.3. The molecule has 0 aliphatic carbocycles. The van der Waals surface area contributed by atoms with E-state index < -0.39 is 5.97 Å². The van der Waals surface area contributed by atoms with E-state index in [0.717, 1.165) is 44.9 Å². The molecule has 0 heterocycles. The molecule has 0 aliphatic heterocycles. The monoisotopic (exact) mass is 250 g/mol. The van der Waals surface area contributed by atoms with Gasteiger partial charge in [0, 0.05) is 6.42 Å². The van der Waals surface area contributed by atoms with Crippen LogP contribution in [0.4, 0.5) is 0 Å². The number of rotatable bonds is 11. The van der Waals surface area contributed by atoms with Crippen molar-refractivity contribution in [2.24, 2.45) is 0 Å². The van der Waals surface area contributed by atoms with Gasteiger partial charge in [-0.05, 0) is 45.4 Å². The quantitative estimate of drug-likeness (QED) is 0.419. The summed E-state index contributed by atoms with van der Waals surface area (Å²) in [4.78, 5) is 10.3. The van der Waals surface area contributed by atoms with E-state index >= 15 is 0 Å². The van der Waals surface area contributed by atoms with Crippen LogP contribution in [0.5, 0.6) is 0 Å². The van der Waals surface area contributed by atoms with Crippen LogP contribution in [0.3, 0.4) is 0 Å². The van der Waals surface area contributed by atoms with Gasteiger partial charge in [-0.3, -0.25) is 4.79 Å². The molecule has 0 spiro atoms. The first-order valence-corrected chi connectivity index (χ1v) is 6.90. The van der Waals surface area contributed by atoms with Gasteiger partial charge >= 0.3 is 5.97 Å². The summed E-state index contributed by atoms with van der Waals surface area (Å²) in [6, 6.07) is 0. The van der Waals surface area contributed by atoms with Crippen LogP contribution in [-0.2, 0) is 4.79 Å². The standard InChI is InChI=1S/C16H26O2/c1-2-3-4-5-6-7-8-9-10-11-12-13-14-15-16(17)18/h2-3,5-6,9-10H,4,7-8,11-15H2,1H3,(H,17,18). The van der Waals surface area contributed by atoms with Gasteiger partial charge in [-0.1, -0.05) is 42.9 Å². The summed E-state index contributed by atoms with van der Waals surface area (Å²) in [7, 11) is 0. The van der Waals surface area contributed by atoms with Gasteiger partial charge in [-0.15, -0.1) is 0 Å². The SMILES string of the molecule is CC=CCC=CCCC=CCCCCCC(=O)O. The first-order chi connectivity index (χ1) is 8.77. The maximum Gasteiger partial charge on any atom is 0.303 e. The first-order valence-electron chi connectivity index (χ1n) is 6.90. The van der Waals surface area contributed by atoms with Crippen LogP contribution in [-0.4, -0.2) is 11.1 Å². The minimum atomic E-state index is -0.685. The van der Waals surface area contributed by atoms with Gasteiger partial charge in [-0.25, -0.2) is 0 Å². The second-order valence-corrected chi connectivity index (χ2v) is 4.32. The summed E-state index contributed by atoms with van der Waals surface area (Å²) in [6.07, 6.45) is 20.6. The Morgan fingerprint density at radius 2 is 1.56 bits per heavy atom. The van der Waals surface area contributed by atoms with Gasteiger partial charge < -0.3 is 5.11 Å². The normalized spacial score (nSPS) is 12.1. The molecule has 0 aliphatic rings. The summed E-state index contributed by atoms with van der Waals surface area (Å²) < 4.78 is 0. The third-order valence-corrected chi connectivity index (χ3v) is 2.60. The summed E-state index contributed by atoms with van der Waals surface area (Å²) in [6.45, 7) is 2.03. The highest BCUT2D eigenvalue weighted by molar-refractivity contribution is 5.66. The van der Waals surface area contributed by atoms with Crippen molar-refractivity contribution in [3.63, 3.8) is 0 Å². The van der Waals surface area contributed by atoms with E-state index in [1.807, 2.05) is 6.92 Å². The third-order valence-electron chi connectivity index (χ3n) is 2.60. The fourth-order valence-electron chi connectivity index (χ4n) is 1.57. The molecule has 0 atom stereocenters. The zero-order valence-electron chi connectivity index (χ0n) is 11.5. The van der Waals surface area contributed by atoms with E-state index in [-0.39, 0.29) is 0 Å². The Morgan fingerprint density at radius 1 is 0.889 bits per heavy atom. The van der Waals surface area contributed by atoms with Crippen LogP contribution < -0.4 is 0 Å². The van der Waals surface area contributed by atoms with Gasteiger partial charge in [0.1, 0.15) is 0 Å². The van der Waals surface area contributed by atoms with E-state index in [1.54, 1.807) is 0 Å². The molecule has 0 saturated heterocycles. The molecule has 1 N–H and O–H groups in total. The van der Waals surface area contributed by atoms with Crippen molar-refractivity contribution < 1.29 is 9.90 Å². The minimum Gasteiger partial charge on any atom is -0.481 e. The number of allylic oxidation sites excluding steroid dienone is 6. The second-order valence-electron chi connectivity index (χ2n) is 4.32. The van der Waals surface area contributed by atoms with E-state index in [4.69, 9.17) is 5.11 Å². The molecule has 0 aromatic rings. The second kappa shape index (κ2) is 13.8. The predicted octanol–water partition coefficient (Wildman–Crippen LogP) is 4.88. The van der Waals surface area contributed by atoms with E-state index in [0.29, 0.717) is 6.42 Å². The van der Waals surface area contributed by atoms with Crippen molar-refractivity contribution in [3.8, 4) is 0 Å². The Kier molecular flexibility index (Phi) is 12.8. The lowest BCUT2D eigenvalue weighted by Gasteiger charge is -1.95. The van der Waals surface area contributed by atoms with Crippen LogP contribution in [0.1, 0.15) is 58.3 Å². The number of aliphatic carboxylic acids is 1. The van der Waals surface area contributed by atoms with Crippen LogP contribution in [0, 0.1) is 0 Å². The smallest absolute Gasteiger partial charge is 0.303 e.